The van der Waals surface area contributed by atoms with Crippen LogP contribution in [0.2, 0.25) is 0 Å². The Labute approximate surface area is 94.9 Å². The third-order valence-corrected chi connectivity index (χ3v) is 2.18. The molecule has 0 saturated heterocycles. The summed E-state index contributed by atoms with van der Waals surface area (Å²) in [6.45, 7) is 0.605. The van der Waals surface area contributed by atoms with E-state index in [2.05, 4.69) is 37.9 Å². The number of nitrogens with zero attached hydrogens (tertiary/aromatic N) is 2. The van der Waals surface area contributed by atoms with Gasteiger partial charge in [-0.05, 0) is 34.7 Å². The van der Waals surface area contributed by atoms with Gasteiger partial charge in [-0.3, -0.25) is 0 Å². The summed E-state index contributed by atoms with van der Waals surface area (Å²) in [5.74, 6) is 1.48. The van der Waals surface area contributed by atoms with Crippen LogP contribution in [0.1, 0.15) is 5.76 Å². The molecule has 0 aliphatic carbocycles. The van der Waals surface area contributed by atoms with Gasteiger partial charge in [-0.1, -0.05) is 0 Å². The molecule has 0 aliphatic rings. The Hall–Kier alpha value is -1.11. The molecule has 0 saturated carbocycles. The molecule has 2 aromatic heterocycles. The Balaban J connectivity index is 1.95. The number of hydrogen-bond acceptors (Lipinski definition) is 4. The molecule has 0 bridgehead atoms. The number of anilines is 1. The first-order chi connectivity index (χ1) is 6.84. The highest BCUT2D eigenvalue weighted by molar-refractivity contribution is 14.1. The Morgan fingerprint density at radius 2 is 2.14 bits per heavy atom. The molecule has 0 fully saturated rings. The Kier molecular flexibility index (Phi) is 2.97. The van der Waals surface area contributed by atoms with Crippen LogP contribution < -0.4 is 5.32 Å². The van der Waals surface area contributed by atoms with Crippen LogP contribution >= 0.6 is 22.6 Å². The molecular weight excluding hydrogens is 293 g/mol. The van der Waals surface area contributed by atoms with E-state index >= 15 is 0 Å². The van der Waals surface area contributed by atoms with E-state index in [1.54, 1.807) is 18.7 Å². The van der Waals surface area contributed by atoms with Gasteiger partial charge in [-0.15, -0.1) is 0 Å². The van der Waals surface area contributed by atoms with Crippen LogP contribution in [0.4, 0.5) is 5.95 Å². The number of halogens is 1. The van der Waals surface area contributed by atoms with Crippen LogP contribution in [-0.4, -0.2) is 9.97 Å². The van der Waals surface area contributed by atoms with Crippen molar-refractivity contribution in [3.05, 3.63) is 40.1 Å². The molecule has 0 atom stereocenters. The van der Waals surface area contributed by atoms with Crippen LogP contribution in [0.25, 0.3) is 0 Å². The maximum atomic E-state index is 5.16. The van der Waals surface area contributed by atoms with Crippen LogP contribution in [0.5, 0.6) is 0 Å². The lowest BCUT2D eigenvalue weighted by Gasteiger charge is -2.01. The van der Waals surface area contributed by atoms with Crippen molar-refractivity contribution >= 4 is 28.5 Å². The average molecular weight is 301 g/mol. The van der Waals surface area contributed by atoms with Crippen molar-refractivity contribution in [2.75, 3.05) is 5.32 Å². The summed E-state index contributed by atoms with van der Waals surface area (Å²) < 4.78 is 6.18. The maximum Gasteiger partial charge on any atom is 0.223 e. The van der Waals surface area contributed by atoms with Gasteiger partial charge in [0, 0.05) is 16.0 Å². The van der Waals surface area contributed by atoms with E-state index in [9.17, 15) is 0 Å². The monoisotopic (exact) mass is 301 g/mol. The SMILES string of the molecule is Ic1cnc(NCc2ccco2)nc1. The molecule has 4 nitrogen and oxygen atoms in total. The van der Waals surface area contributed by atoms with Crippen LogP contribution in [-0.2, 0) is 6.54 Å². The summed E-state index contributed by atoms with van der Waals surface area (Å²) in [5, 5.41) is 3.05. The second-order valence-corrected chi connectivity index (χ2v) is 3.90. The molecule has 2 heterocycles. The Morgan fingerprint density at radius 1 is 1.36 bits per heavy atom. The van der Waals surface area contributed by atoms with Crippen LogP contribution in [0.15, 0.2) is 35.2 Å². The van der Waals surface area contributed by atoms with E-state index in [1.807, 2.05) is 12.1 Å². The van der Waals surface area contributed by atoms with Crippen molar-refractivity contribution in [1.29, 1.82) is 0 Å². The third kappa shape index (κ3) is 2.44. The van der Waals surface area contributed by atoms with Gasteiger partial charge in [-0.25, -0.2) is 9.97 Å². The van der Waals surface area contributed by atoms with E-state index < -0.39 is 0 Å². The Morgan fingerprint density at radius 3 is 2.79 bits per heavy atom. The molecule has 1 N–H and O–H groups in total. The lowest BCUT2D eigenvalue weighted by molar-refractivity contribution is 0.517. The molecule has 5 heteroatoms. The molecule has 2 aromatic rings. The summed E-state index contributed by atoms with van der Waals surface area (Å²) in [4.78, 5) is 8.21. The first-order valence-electron chi connectivity index (χ1n) is 4.08. The number of nitrogens with one attached hydrogen (secondary N) is 1. The van der Waals surface area contributed by atoms with Gasteiger partial charge in [0.15, 0.2) is 0 Å². The molecule has 72 valence electrons. The zero-order valence-corrected chi connectivity index (χ0v) is 9.43. The quantitative estimate of drug-likeness (QED) is 0.884. The van der Waals surface area contributed by atoms with E-state index in [0.717, 1.165) is 9.33 Å². The van der Waals surface area contributed by atoms with Crippen molar-refractivity contribution in [3.63, 3.8) is 0 Å². The van der Waals surface area contributed by atoms with Gasteiger partial charge in [0.05, 0.1) is 12.8 Å². The lowest BCUT2D eigenvalue weighted by atomic mass is 10.4. The lowest BCUT2D eigenvalue weighted by Crippen LogP contribution is -2.02. The number of furan rings is 1. The number of rotatable bonds is 3. The van der Waals surface area contributed by atoms with Gasteiger partial charge < -0.3 is 9.73 Å². The molecule has 0 aliphatic heterocycles. The van der Waals surface area contributed by atoms with Crippen molar-refractivity contribution in [2.24, 2.45) is 0 Å². The fraction of sp³-hybridized carbons (Fsp3) is 0.111. The highest BCUT2D eigenvalue weighted by Crippen LogP contribution is 2.05. The zero-order valence-electron chi connectivity index (χ0n) is 7.27. The molecule has 2 rings (SSSR count). The smallest absolute Gasteiger partial charge is 0.223 e. The summed E-state index contributed by atoms with van der Waals surface area (Å²) in [7, 11) is 0. The minimum Gasteiger partial charge on any atom is -0.467 e. The predicted molar refractivity (Wildman–Crippen MR) is 60.8 cm³/mol. The predicted octanol–water partition coefficient (Wildman–Crippen LogP) is 2.29. The fourth-order valence-corrected chi connectivity index (χ4v) is 1.26. The normalized spacial score (nSPS) is 10.1. The highest BCUT2D eigenvalue weighted by atomic mass is 127. The Bertz CT molecular complexity index is 385. The van der Waals surface area contributed by atoms with Crippen molar-refractivity contribution in [2.45, 2.75) is 6.54 Å². The second-order valence-electron chi connectivity index (χ2n) is 2.66. The number of aromatic nitrogens is 2. The molecule has 0 unspecified atom stereocenters. The van der Waals surface area contributed by atoms with Gasteiger partial charge in [0.1, 0.15) is 5.76 Å². The molecule has 0 radical (unpaired) electrons. The van der Waals surface area contributed by atoms with Gasteiger partial charge in [0.25, 0.3) is 0 Å². The fourth-order valence-electron chi connectivity index (χ4n) is 0.983. The topological polar surface area (TPSA) is 51.0 Å². The summed E-state index contributed by atoms with van der Waals surface area (Å²) in [5.41, 5.74) is 0. The first-order valence-corrected chi connectivity index (χ1v) is 5.16. The molecule has 0 spiro atoms. The highest BCUT2D eigenvalue weighted by Gasteiger charge is 1.97. The summed E-state index contributed by atoms with van der Waals surface area (Å²) in [6.07, 6.45) is 5.17. The minimum atomic E-state index is 0.605. The first kappa shape index (κ1) is 9.45. The van der Waals surface area contributed by atoms with E-state index in [4.69, 9.17) is 4.42 Å². The standard InChI is InChI=1S/C9H8IN3O/c10-7-4-11-9(12-5-7)13-6-8-2-1-3-14-8/h1-5H,6H2,(H,11,12,13). The van der Waals surface area contributed by atoms with Gasteiger partial charge in [-0.2, -0.15) is 0 Å². The minimum absolute atomic E-state index is 0.605. The summed E-state index contributed by atoms with van der Waals surface area (Å²) in [6, 6.07) is 3.76. The van der Waals surface area contributed by atoms with E-state index in [-0.39, 0.29) is 0 Å². The third-order valence-electron chi connectivity index (χ3n) is 1.62. The largest absolute Gasteiger partial charge is 0.467 e. The van der Waals surface area contributed by atoms with Gasteiger partial charge >= 0.3 is 0 Å². The molecule has 0 amide bonds. The molecular formula is C9H8IN3O. The molecule has 14 heavy (non-hydrogen) atoms. The van der Waals surface area contributed by atoms with Crippen molar-refractivity contribution in [1.82, 2.24) is 9.97 Å². The van der Waals surface area contributed by atoms with E-state index in [1.165, 1.54) is 0 Å². The number of hydrogen-bond donors (Lipinski definition) is 1. The van der Waals surface area contributed by atoms with Crippen molar-refractivity contribution in [3.8, 4) is 0 Å². The van der Waals surface area contributed by atoms with E-state index in [0.29, 0.717) is 12.5 Å². The molecule has 0 aromatic carbocycles. The van der Waals surface area contributed by atoms with Crippen LogP contribution in [0, 0.1) is 3.57 Å². The van der Waals surface area contributed by atoms with Crippen molar-refractivity contribution < 1.29 is 4.42 Å². The second kappa shape index (κ2) is 4.41. The van der Waals surface area contributed by atoms with Crippen LogP contribution in [0.3, 0.4) is 0 Å². The zero-order chi connectivity index (χ0) is 9.80. The average Bonchev–Trinajstić information content (AvgIpc) is 2.70. The maximum absolute atomic E-state index is 5.16. The summed E-state index contributed by atoms with van der Waals surface area (Å²) >= 11 is 2.16. The van der Waals surface area contributed by atoms with Gasteiger partial charge in [0.2, 0.25) is 5.95 Å².